The summed E-state index contributed by atoms with van der Waals surface area (Å²) in [5, 5.41) is 18.5. The highest BCUT2D eigenvalue weighted by molar-refractivity contribution is 7.99. The third-order valence-electron chi connectivity index (χ3n) is 4.53. The zero-order valence-electron chi connectivity index (χ0n) is 16.9. The van der Waals surface area contributed by atoms with Crippen LogP contribution >= 0.6 is 11.8 Å². The molecule has 7 nitrogen and oxygen atoms in total. The molecule has 0 amide bonds. The Labute approximate surface area is 184 Å². The molecule has 0 aliphatic rings. The summed E-state index contributed by atoms with van der Waals surface area (Å²) in [6.07, 6.45) is 1.66. The lowest BCUT2D eigenvalue weighted by molar-refractivity contribution is 0.344. The molecule has 0 saturated carbocycles. The van der Waals surface area contributed by atoms with E-state index < -0.39 is 0 Å². The standard InChI is InChI=1S/C23H20N4O3S/c1-28-19-10-6-18(7-11-19)22-25-26-23(27(22)16-21-3-2-12-29-21)31-14-13-30-20-8-4-17(15-24)5-9-20/h2-12H,13-14,16H2,1H3. The predicted molar refractivity (Wildman–Crippen MR) is 117 cm³/mol. The Balaban J connectivity index is 1.46. The summed E-state index contributed by atoms with van der Waals surface area (Å²) in [7, 11) is 1.64. The van der Waals surface area contributed by atoms with Gasteiger partial charge in [0.15, 0.2) is 11.0 Å². The van der Waals surface area contributed by atoms with Gasteiger partial charge in [-0.15, -0.1) is 10.2 Å². The van der Waals surface area contributed by atoms with Crippen LogP contribution in [0.5, 0.6) is 11.5 Å². The van der Waals surface area contributed by atoms with Gasteiger partial charge < -0.3 is 13.9 Å². The number of benzene rings is 2. The van der Waals surface area contributed by atoms with Crippen LogP contribution in [0.25, 0.3) is 11.4 Å². The zero-order chi connectivity index (χ0) is 21.5. The Kier molecular flexibility index (Phi) is 6.55. The first-order valence-electron chi connectivity index (χ1n) is 9.62. The summed E-state index contributed by atoms with van der Waals surface area (Å²) in [6, 6.07) is 20.7. The summed E-state index contributed by atoms with van der Waals surface area (Å²) in [6.45, 7) is 1.03. The van der Waals surface area contributed by atoms with Crippen molar-refractivity contribution in [2.45, 2.75) is 11.7 Å². The molecule has 0 aliphatic heterocycles. The molecule has 0 fully saturated rings. The van der Waals surface area contributed by atoms with Gasteiger partial charge >= 0.3 is 0 Å². The van der Waals surface area contributed by atoms with Crippen LogP contribution < -0.4 is 9.47 Å². The van der Waals surface area contributed by atoms with Gasteiger partial charge in [-0.3, -0.25) is 4.57 Å². The van der Waals surface area contributed by atoms with Crippen LogP contribution in [0.3, 0.4) is 0 Å². The predicted octanol–water partition coefficient (Wildman–Crippen LogP) is 4.64. The number of thioether (sulfide) groups is 1. The summed E-state index contributed by atoms with van der Waals surface area (Å²) in [5.41, 5.74) is 1.55. The van der Waals surface area contributed by atoms with Crippen LogP contribution in [0, 0.1) is 11.3 Å². The maximum absolute atomic E-state index is 8.87. The monoisotopic (exact) mass is 432 g/mol. The minimum Gasteiger partial charge on any atom is -0.497 e. The summed E-state index contributed by atoms with van der Waals surface area (Å²) in [5.74, 6) is 3.80. The maximum atomic E-state index is 8.87. The highest BCUT2D eigenvalue weighted by Crippen LogP contribution is 2.27. The number of nitriles is 1. The normalized spacial score (nSPS) is 10.6. The summed E-state index contributed by atoms with van der Waals surface area (Å²) < 4.78 is 18.6. The van der Waals surface area contributed by atoms with Gasteiger partial charge in [0.05, 0.1) is 38.2 Å². The highest BCUT2D eigenvalue weighted by atomic mass is 32.2. The molecule has 2 aromatic heterocycles. The number of rotatable bonds is 9. The molecule has 0 radical (unpaired) electrons. The lowest BCUT2D eigenvalue weighted by atomic mass is 10.2. The molecule has 4 rings (SSSR count). The molecule has 0 bridgehead atoms. The smallest absolute Gasteiger partial charge is 0.192 e. The van der Waals surface area contributed by atoms with Gasteiger partial charge in [-0.25, -0.2) is 0 Å². The Morgan fingerprint density at radius 3 is 2.48 bits per heavy atom. The van der Waals surface area contributed by atoms with Crippen molar-refractivity contribution in [2.75, 3.05) is 19.5 Å². The minimum atomic E-state index is 0.502. The lowest BCUT2D eigenvalue weighted by Crippen LogP contribution is -2.05. The van der Waals surface area contributed by atoms with Crippen molar-refractivity contribution < 1.29 is 13.9 Å². The molecular weight excluding hydrogens is 412 g/mol. The van der Waals surface area contributed by atoms with Crippen molar-refractivity contribution >= 4 is 11.8 Å². The molecule has 4 aromatic rings. The summed E-state index contributed by atoms with van der Waals surface area (Å²) >= 11 is 1.56. The van der Waals surface area contributed by atoms with Crippen molar-refractivity contribution in [3.63, 3.8) is 0 Å². The SMILES string of the molecule is COc1ccc(-c2nnc(SCCOc3ccc(C#N)cc3)n2Cc2ccco2)cc1. The fourth-order valence-electron chi connectivity index (χ4n) is 2.97. The number of ether oxygens (including phenoxy) is 2. The number of nitrogens with zero attached hydrogens (tertiary/aromatic N) is 4. The van der Waals surface area contributed by atoms with Crippen molar-refractivity contribution in [1.29, 1.82) is 5.26 Å². The molecule has 0 aliphatic carbocycles. The van der Waals surface area contributed by atoms with Crippen molar-refractivity contribution in [1.82, 2.24) is 14.8 Å². The van der Waals surface area contributed by atoms with E-state index in [1.807, 2.05) is 41.0 Å². The second kappa shape index (κ2) is 9.87. The second-order valence-electron chi connectivity index (χ2n) is 6.53. The van der Waals surface area contributed by atoms with E-state index in [-0.39, 0.29) is 0 Å². The van der Waals surface area contributed by atoms with Crippen molar-refractivity contribution in [3.8, 4) is 29.0 Å². The van der Waals surface area contributed by atoms with Gasteiger partial charge in [0.25, 0.3) is 0 Å². The van der Waals surface area contributed by atoms with E-state index in [4.69, 9.17) is 19.2 Å². The number of aromatic nitrogens is 3. The first kappa shape index (κ1) is 20.6. The van der Waals surface area contributed by atoms with Gasteiger partial charge in [-0.05, 0) is 60.7 Å². The van der Waals surface area contributed by atoms with E-state index in [1.54, 1.807) is 49.4 Å². The molecule has 156 valence electrons. The Morgan fingerprint density at radius 1 is 1.03 bits per heavy atom. The van der Waals surface area contributed by atoms with Crippen LogP contribution in [0.4, 0.5) is 0 Å². The van der Waals surface area contributed by atoms with Gasteiger partial charge in [-0.2, -0.15) is 5.26 Å². The molecule has 0 atom stereocenters. The fourth-order valence-corrected chi connectivity index (χ4v) is 3.72. The fraction of sp³-hybridized carbons (Fsp3) is 0.174. The van der Waals surface area contributed by atoms with E-state index in [0.717, 1.165) is 33.8 Å². The first-order chi connectivity index (χ1) is 15.3. The van der Waals surface area contributed by atoms with Crippen LogP contribution in [-0.4, -0.2) is 34.2 Å². The molecule has 0 N–H and O–H groups in total. The topological polar surface area (TPSA) is 86.1 Å². The molecular formula is C23H20N4O3S. The minimum absolute atomic E-state index is 0.502. The van der Waals surface area contributed by atoms with Gasteiger partial charge in [-0.1, -0.05) is 11.8 Å². The molecule has 0 unspecified atom stereocenters. The average molecular weight is 433 g/mol. The van der Waals surface area contributed by atoms with Crippen molar-refractivity contribution in [3.05, 3.63) is 78.3 Å². The first-order valence-corrected chi connectivity index (χ1v) is 10.6. The molecule has 2 heterocycles. The number of hydrogen-bond acceptors (Lipinski definition) is 7. The molecule has 0 saturated heterocycles. The van der Waals surface area contributed by atoms with Gasteiger partial charge in [0.2, 0.25) is 0 Å². The van der Waals surface area contributed by atoms with Crippen LogP contribution in [-0.2, 0) is 6.54 Å². The Bertz CT molecular complexity index is 1150. The molecule has 2 aromatic carbocycles. The van der Waals surface area contributed by atoms with Gasteiger partial charge in [0, 0.05) is 11.3 Å². The van der Waals surface area contributed by atoms with E-state index >= 15 is 0 Å². The largest absolute Gasteiger partial charge is 0.497 e. The average Bonchev–Trinajstić information content (AvgIpc) is 3.48. The second-order valence-corrected chi connectivity index (χ2v) is 7.60. The van der Waals surface area contributed by atoms with E-state index in [1.165, 1.54) is 0 Å². The number of methoxy groups -OCH3 is 1. The quantitative estimate of drug-likeness (QED) is 0.281. The Morgan fingerprint density at radius 2 is 1.81 bits per heavy atom. The Hall–Kier alpha value is -3.70. The molecule has 31 heavy (non-hydrogen) atoms. The lowest BCUT2D eigenvalue weighted by Gasteiger charge is -2.10. The molecule has 0 spiro atoms. The van der Waals surface area contributed by atoms with E-state index in [9.17, 15) is 0 Å². The van der Waals surface area contributed by atoms with Crippen LogP contribution in [0.15, 0.2) is 76.5 Å². The van der Waals surface area contributed by atoms with Gasteiger partial charge in [0.1, 0.15) is 17.3 Å². The highest BCUT2D eigenvalue weighted by Gasteiger charge is 2.16. The maximum Gasteiger partial charge on any atom is 0.192 e. The third kappa shape index (κ3) is 5.08. The van der Waals surface area contributed by atoms with Crippen molar-refractivity contribution in [2.24, 2.45) is 0 Å². The molecule has 8 heteroatoms. The van der Waals surface area contributed by atoms with E-state index in [0.29, 0.717) is 24.5 Å². The zero-order valence-corrected chi connectivity index (χ0v) is 17.7. The number of hydrogen-bond donors (Lipinski definition) is 0. The van der Waals surface area contributed by atoms with E-state index in [2.05, 4.69) is 16.3 Å². The van der Waals surface area contributed by atoms with Crippen LogP contribution in [0.2, 0.25) is 0 Å². The number of furan rings is 1. The van der Waals surface area contributed by atoms with Crippen LogP contribution in [0.1, 0.15) is 11.3 Å². The summed E-state index contributed by atoms with van der Waals surface area (Å²) in [4.78, 5) is 0. The third-order valence-corrected chi connectivity index (χ3v) is 5.46.